The van der Waals surface area contributed by atoms with Crippen molar-refractivity contribution >= 4 is 21.6 Å². The highest BCUT2D eigenvalue weighted by molar-refractivity contribution is 9.10. The summed E-state index contributed by atoms with van der Waals surface area (Å²) in [6.07, 6.45) is 1.40. The van der Waals surface area contributed by atoms with Crippen molar-refractivity contribution < 1.29 is 4.39 Å². The second-order valence-electron chi connectivity index (χ2n) is 4.02. The van der Waals surface area contributed by atoms with Gasteiger partial charge in [0.25, 0.3) is 0 Å². The van der Waals surface area contributed by atoms with E-state index in [-0.39, 0.29) is 0 Å². The quantitative estimate of drug-likeness (QED) is 0.872. The molecule has 2 rings (SSSR count). The lowest BCUT2D eigenvalue weighted by Gasteiger charge is -2.10. The van der Waals surface area contributed by atoms with Gasteiger partial charge >= 0.3 is 0 Å². The first-order chi connectivity index (χ1) is 6.57. The summed E-state index contributed by atoms with van der Waals surface area (Å²) in [5, 5.41) is 3.12. The molecule has 0 heterocycles. The van der Waals surface area contributed by atoms with Gasteiger partial charge in [0, 0.05) is 16.7 Å². The molecule has 0 bridgehead atoms. The van der Waals surface area contributed by atoms with Crippen LogP contribution in [0.15, 0.2) is 22.7 Å². The average Bonchev–Trinajstić information content (AvgIpc) is 2.80. The molecule has 1 aromatic carbocycles. The monoisotopic (exact) mass is 257 g/mol. The molecule has 14 heavy (non-hydrogen) atoms. The number of aryl methyl sites for hydroxylation is 1. The third kappa shape index (κ3) is 2.47. The van der Waals surface area contributed by atoms with E-state index in [0.717, 1.165) is 10.2 Å². The second-order valence-corrected chi connectivity index (χ2v) is 4.94. The Morgan fingerprint density at radius 2 is 2.14 bits per heavy atom. The lowest BCUT2D eigenvalue weighted by atomic mass is 10.2. The molecule has 1 aliphatic carbocycles. The molecule has 0 radical (unpaired) electrons. The molecular formula is C11H13BrFN. The van der Waals surface area contributed by atoms with Crippen LogP contribution in [0.5, 0.6) is 0 Å². The lowest BCUT2D eigenvalue weighted by Crippen LogP contribution is -2.15. The minimum Gasteiger partial charge on any atom is -0.382 e. The number of nitrogens with one attached hydrogen (secondary N) is 1. The maximum atomic E-state index is 13.3. The summed E-state index contributed by atoms with van der Waals surface area (Å²) in [5.41, 5.74) is 1.22. The Bertz CT molecular complexity index is 327. The Kier molecular flexibility index (Phi) is 2.52. The Hall–Kier alpha value is -0.570. The van der Waals surface area contributed by atoms with Crippen LogP contribution in [0, 0.1) is 6.92 Å². The molecule has 0 unspecified atom stereocenters. The highest BCUT2D eigenvalue weighted by Crippen LogP contribution is 2.39. The molecule has 0 aromatic heterocycles. The summed E-state index contributed by atoms with van der Waals surface area (Å²) in [5.74, 6) is 0. The van der Waals surface area contributed by atoms with Crippen LogP contribution in [0.1, 0.15) is 18.4 Å². The molecule has 1 nitrogen and oxygen atoms in total. The molecule has 76 valence electrons. The van der Waals surface area contributed by atoms with Gasteiger partial charge in [-0.05, 0) is 43.5 Å². The van der Waals surface area contributed by atoms with Gasteiger partial charge in [0.05, 0.1) is 0 Å². The van der Waals surface area contributed by atoms with E-state index in [1.165, 1.54) is 5.56 Å². The zero-order chi connectivity index (χ0) is 10.2. The Labute approximate surface area is 91.8 Å². The number of rotatable bonds is 3. The topological polar surface area (TPSA) is 12.0 Å². The first-order valence-electron chi connectivity index (χ1n) is 4.77. The third-order valence-corrected chi connectivity index (χ3v) is 2.90. The van der Waals surface area contributed by atoms with Gasteiger partial charge < -0.3 is 5.32 Å². The normalized spacial score (nSPS) is 17.9. The van der Waals surface area contributed by atoms with E-state index >= 15 is 0 Å². The van der Waals surface area contributed by atoms with E-state index in [2.05, 4.69) is 21.2 Å². The van der Waals surface area contributed by atoms with Crippen molar-refractivity contribution in [1.29, 1.82) is 0 Å². The molecule has 0 spiro atoms. The highest BCUT2D eigenvalue weighted by Gasteiger charge is 2.42. The van der Waals surface area contributed by atoms with Gasteiger partial charge in [0.15, 0.2) is 0 Å². The highest BCUT2D eigenvalue weighted by atomic mass is 79.9. The van der Waals surface area contributed by atoms with Gasteiger partial charge in [-0.25, -0.2) is 4.39 Å². The number of hydrogen-bond donors (Lipinski definition) is 1. The van der Waals surface area contributed by atoms with Crippen molar-refractivity contribution in [3.8, 4) is 0 Å². The SMILES string of the molecule is Cc1cc(Br)cc(NCC2(F)CC2)c1. The predicted molar refractivity (Wildman–Crippen MR) is 60.4 cm³/mol. The zero-order valence-electron chi connectivity index (χ0n) is 8.11. The van der Waals surface area contributed by atoms with E-state index in [4.69, 9.17) is 0 Å². The van der Waals surface area contributed by atoms with Crippen molar-refractivity contribution in [3.63, 3.8) is 0 Å². The van der Waals surface area contributed by atoms with E-state index in [1.54, 1.807) is 0 Å². The molecule has 1 aromatic rings. The van der Waals surface area contributed by atoms with Crippen LogP contribution >= 0.6 is 15.9 Å². The minimum atomic E-state index is -0.934. The largest absolute Gasteiger partial charge is 0.382 e. The maximum absolute atomic E-state index is 13.3. The Morgan fingerprint density at radius 1 is 1.43 bits per heavy atom. The average molecular weight is 258 g/mol. The number of halogens is 2. The number of hydrogen-bond acceptors (Lipinski definition) is 1. The third-order valence-electron chi connectivity index (χ3n) is 2.44. The van der Waals surface area contributed by atoms with Crippen LogP contribution in [0.2, 0.25) is 0 Å². The van der Waals surface area contributed by atoms with Gasteiger partial charge in [-0.2, -0.15) is 0 Å². The predicted octanol–water partition coefficient (Wildman–Crippen LogP) is 3.67. The summed E-state index contributed by atoms with van der Waals surface area (Å²) in [4.78, 5) is 0. The molecule has 3 heteroatoms. The summed E-state index contributed by atoms with van der Waals surface area (Å²) >= 11 is 3.42. The fourth-order valence-corrected chi connectivity index (χ4v) is 2.02. The summed E-state index contributed by atoms with van der Waals surface area (Å²) in [6, 6.07) is 6.03. The molecule has 1 saturated carbocycles. The van der Waals surface area contributed by atoms with Crippen molar-refractivity contribution in [2.45, 2.75) is 25.4 Å². The molecule has 0 atom stereocenters. The number of alkyl halides is 1. The molecule has 1 N–H and O–H groups in total. The molecule has 0 aliphatic heterocycles. The van der Waals surface area contributed by atoms with Gasteiger partial charge in [0.1, 0.15) is 5.67 Å². The van der Waals surface area contributed by atoms with E-state index in [1.807, 2.05) is 25.1 Å². The summed E-state index contributed by atoms with van der Waals surface area (Å²) in [7, 11) is 0. The van der Waals surface area contributed by atoms with Crippen LogP contribution in [0.4, 0.5) is 10.1 Å². The van der Waals surface area contributed by atoms with Crippen molar-refractivity contribution in [2.75, 3.05) is 11.9 Å². The van der Waals surface area contributed by atoms with Gasteiger partial charge in [-0.1, -0.05) is 15.9 Å². The Balaban J connectivity index is 2.01. The number of benzene rings is 1. The van der Waals surface area contributed by atoms with Crippen molar-refractivity contribution in [2.24, 2.45) is 0 Å². The van der Waals surface area contributed by atoms with Crippen LogP contribution < -0.4 is 5.32 Å². The van der Waals surface area contributed by atoms with Gasteiger partial charge in [-0.15, -0.1) is 0 Å². The van der Waals surface area contributed by atoms with Gasteiger partial charge in [0.2, 0.25) is 0 Å². The fourth-order valence-electron chi connectivity index (χ4n) is 1.41. The second kappa shape index (κ2) is 3.54. The van der Waals surface area contributed by atoms with Crippen LogP contribution in [0.3, 0.4) is 0 Å². The standard InChI is InChI=1S/C11H13BrFN/c1-8-4-9(12)6-10(5-8)14-7-11(13)2-3-11/h4-6,14H,2-3,7H2,1H3. The van der Waals surface area contributed by atoms with Crippen LogP contribution in [0.25, 0.3) is 0 Å². The fraction of sp³-hybridized carbons (Fsp3) is 0.455. The van der Waals surface area contributed by atoms with Crippen molar-refractivity contribution in [1.82, 2.24) is 0 Å². The molecule has 0 amide bonds. The van der Waals surface area contributed by atoms with Crippen molar-refractivity contribution in [3.05, 3.63) is 28.2 Å². The molecular weight excluding hydrogens is 245 g/mol. The van der Waals surface area contributed by atoms with E-state index in [0.29, 0.717) is 19.4 Å². The molecule has 0 saturated heterocycles. The summed E-state index contributed by atoms with van der Waals surface area (Å²) < 4.78 is 14.3. The van der Waals surface area contributed by atoms with E-state index < -0.39 is 5.67 Å². The molecule has 1 aliphatic rings. The van der Waals surface area contributed by atoms with Crippen LogP contribution in [-0.2, 0) is 0 Å². The lowest BCUT2D eigenvalue weighted by molar-refractivity contribution is 0.326. The maximum Gasteiger partial charge on any atom is 0.128 e. The van der Waals surface area contributed by atoms with Crippen LogP contribution in [-0.4, -0.2) is 12.2 Å². The Morgan fingerprint density at radius 3 is 2.71 bits per heavy atom. The summed E-state index contributed by atoms with van der Waals surface area (Å²) in [6.45, 7) is 2.46. The zero-order valence-corrected chi connectivity index (χ0v) is 9.70. The first kappa shape index (κ1) is 9.97. The first-order valence-corrected chi connectivity index (χ1v) is 5.57. The van der Waals surface area contributed by atoms with Gasteiger partial charge in [-0.3, -0.25) is 0 Å². The van der Waals surface area contributed by atoms with E-state index in [9.17, 15) is 4.39 Å². The minimum absolute atomic E-state index is 0.433. The smallest absolute Gasteiger partial charge is 0.128 e. The molecule has 1 fully saturated rings. The number of anilines is 1.